The first-order valence-corrected chi connectivity index (χ1v) is 10.6. The van der Waals surface area contributed by atoms with Crippen LogP contribution in [0, 0.1) is 0 Å². The molecule has 7 nitrogen and oxygen atoms in total. The number of methoxy groups -OCH3 is 2. The molecule has 3 aromatic rings. The van der Waals surface area contributed by atoms with Crippen LogP contribution < -0.4 is 14.8 Å². The van der Waals surface area contributed by atoms with Gasteiger partial charge < -0.3 is 14.8 Å². The first kappa shape index (κ1) is 21.9. The third-order valence-corrected chi connectivity index (χ3v) is 5.59. The first-order valence-electron chi connectivity index (χ1n) is 9.14. The van der Waals surface area contributed by atoms with Crippen molar-refractivity contribution in [2.45, 2.75) is 5.25 Å². The van der Waals surface area contributed by atoms with E-state index in [2.05, 4.69) is 20.3 Å². The highest BCUT2D eigenvalue weighted by atomic mass is 35.5. The monoisotopic (exact) mass is 444 g/mol. The van der Waals surface area contributed by atoms with E-state index in [0.717, 1.165) is 5.56 Å². The number of nitrogens with zero attached hydrogens (tertiary/aromatic N) is 3. The zero-order valence-electron chi connectivity index (χ0n) is 16.5. The number of carbonyl (C=O) groups is 1. The van der Waals surface area contributed by atoms with E-state index in [-0.39, 0.29) is 11.2 Å². The average Bonchev–Trinajstić information content (AvgIpc) is 2.79. The molecule has 1 aromatic carbocycles. The molecule has 3 rings (SSSR count). The molecule has 0 unspecified atom stereocenters. The lowest BCUT2D eigenvalue weighted by molar-refractivity contribution is 0.0956. The molecule has 0 fully saturated rings. The van der Waals surface area contributed by atoms with Crippen LogP contribution in [0.25, 0.3) is 0 Å². The summed E-state index contributed by atoms with van der Waals surface area (Å²) in [5, 5.41) is 3.09. The number of thioether (sulfide) groups is 1. The maximum absolute atomic E-state index is 12.2. The highest BCUT2D eigenvalue weighted by Crippen LogP contribution is 2.35. The Hall–Kier alpha value is -2.84. The van der Waals surface area contributed by atoms with Crippen LogP contribution in [0.1, 0.15) is 27.0 Å². The fourth-order valence-electron chi connectivity index (χ4n) is 2.65. The molecule has 0 saturated heterocycles. The van der Waals surface area contributed by atoms with Crippen molar-refractivity contribution in [2.24, 2.45) is 0 Å². The van der Waals surface area contributed by atoms with Crippen molar-refractivity contribution in [3.63, 3.8) is 0 Å². The normalized spacial score (nSPS) is 11.6. The Labute approximate surface area is 184 Å². The lowest BCUT2D eigenvalue weighted by Crippen LogP contribution is -2.26. The molecule has 0 aliphatic heterocycles. The summed E-state index contributed by atoms with van der Waals surface area (Å²) in [6, 6.07) is 14.8. The maximum Gasteiger partial charge on any atom is 0.252 e. The van der Waals surface area contributed by atoms with Crippen LogP contribution in [0.2, 0.25) is 5.15 Å². The minimum atomic E-state index is -0.199. The van der Waals surface area contributed by atoms with Crippen LogP contribution in [0.3, 0.4) is 0 Å². The topological polar surface area (TPSA) is 86.2 Å². The highest BCUT2D eigenvalue weighted by molar-refractivity contribution is 7.99. The third kappa shape index (κ3) is 5.84. The minimum Gasteiger partial charge on any atom is -0.481 e. The van der Waals surface area contributed by atoms with Crippen molar-refractivity contribution in [3.8, 4) is 11.8 Å². The van der Waals surface area contributed by atoms with Crippen LogP contribution in [0.4, 0.5) is 0 Å². The molecule has 0 radical (unpaired) electrons. The Kier molecular flexibility index (Phi) is 7.87. The van der Waals surface area contributed by atoms with Crippen molar-refractivity contribution in [1.82, 2.24) is 20.3 Å². The molecule has 0 aliphatic carbocycles. The SMILES string of the molecule is COc1cc(OC)nc([C@H](SCCNC(=O)c2ccc(Cl)nc2)c2ccccc2)n1. The predicted octanol–water partition coefficient (Wildman–Crippen LogP) is 3.79. The molecule has 1 atom stereocenters. The number of nitrogens with one attached hydrogen (secondary N) is 1. The number of hydrogen-bond donors (Lipinski definition) is 1. The van der Waals surface area contributed by atoms with Gasteiger partial charge in [0.15, 0.2) is 5.82 Å². The summed E-state index contributed by atoms with van der Waals surface area (Å²) in [6.07, 6.45) is 1.45. The zero-order valence-corrected chi connectivity index (χ0v) is 18.1. The van der Waals surface area contributed by atoms with Crippen LogP contribution in [-0.4, -0.2) is 47.4 Å². The Morgan fingerprint density at radius 2 is 1.80 bits per heavy atom. The van der Waals surface area contributed by atoms with E-state index in [1.807, 2.05) is 30.3 Å². The summed E-state index contributed by atoms with van der Waals surface area (Å²) in [7, 11) is 3.11. The molecular weight excluding hydrogens is 424 g/mol. The minimum absolute atomic E-state index is 0.149. The summed E-state index contributed by atoms with van der Waals surface area (Å²) < 4.78 is 10.6. The average molecular weight is 445 g/mol. The third-order valence-electron chi connectivity index (χ3n) is 4.11. The molecule has 2 aromatic heterocycles. The summed E-state index contributed by atoms with van der Waals surface area (Å²) in [6.45, 7) is 0.469. The molecule has 0 spiro atoms. The van der Waals surface area contributed by atoms with Gasteiger partial charge >= 0.3 is 0 Å². The second kappa shape index (κ2) is 10.8. The van der Waals surface area contributed by atoms with Gasteiger partial charge in [0.2, 0.25) is 11.8 Å². The Morgan fingerprint density at radius 3 is 2.40 bits per heavy atom. The zero-order chi connectivity index (χ0) is 21.3. The molecule has 0 saturated carbocycles. The second-order valence-corrected chi connectivity index (χ2v) is 7.70. The molecule has 0 bridgehead atoms. The fraction of sp³-hybridized carbons (Fsp3) is 0.238. The van der Waals surface area contributed by atoms with E-state index in [4.69, 9.17) is 21.1 Å². The quantitative estimate of drug-likeness (QED) is 0.397. The number of halogens is 1. The Balaban J connectivity index is 1.70. The number of rotatable bonds is 9. The van der Waals surface area contributed by atoms with Crippen LogP contribution in [0.15, 0.2) is 54.7 Å². The number of ether oxygens (including phenoxy) is 2. The predicted molar refractivity (Wildman–Crippen MR) is 117 cm³/mol. The number of amides is 1. The van der Waals surface area contributed by atoms with Crippen molar-refractivity contribution >= 4 is 29.3 Å². The van der Waals surface area contributed by atoms with Gasteiger partial charge in [0.25, 0.3) is 5.91 Å². The van der Waals surface area contributed by atoms with Crippen LogP contribution >= 0.6 is 23.4 Å². The number of benzene rings is 1. The molecule has 9 heteroatoms. The summed E-state index contributed by atoms with van der Waals surface area (Å²) in [5.41, 5.74) is 1.51. The second-order valence-electron chi connectivity index (χ2n) is 6.10. The van der Waals surface area contributed by atoms with Gasteiger partial charge in [-0.3, -0.25) is 4.79 Å². The molecule has 0 aliphatic rings. The Bertz CT molecular complexity index is 951. The highest BCUT2D eigenvalue weighted by Gasteiger charge is 2.20. The van der Waals surface area contributed by atoms with Gasteiger partial charge in [-0.25, -0.2) is 4.98 Å². The van der Waals surface area contributed by atoms with Crippen molar-refractivity contribution in [1.29, 1.82) is 0 Å². The standard InChI is InChI=1S/C21H21ClN4O3S/c1-28-17-12-18(29-2)26-20(25-17)19(14-6-4-3-5-7-14)30-11-10-23-21(27)15-8-9-16(22)24-13-15/h3-9,12-13,19H,10-11H2,1-2H3,(H,23,27)/t19-/m1/s1. The molecule has 2 heterocycles. The van der Waals surface area contributed by atoms with Gasteiger partial charge in [-0.05, 0) is 17.7 Å². The Morgan fingerprint density at radius 1 is 1.10 bits per heavy atom. The molecule has 1 N–H and O–H groups in total. The summed E-state index contributed by atoms with van der Waals surface area (Å²) >= 11 is 7.38. The van der Waals surface area contributed by atoms with Gasteiger partial charge in [0.05, 0.1) is 31.1 Å². The molecule has 1 amide bonds. The van der Waals surface area contributed by atoms with E-state index in [1.165, 1.54) is 6.20 Å². The molecule has 30 heavy (non-hydrogen) atoms. The van der Waals surface area contributed by atoms with E-state index in [9.17, 15) is 4.79 Å². The molecular formula is C21H21ClN4O3S. The number of carbonyl (C=O) groups excluding carboxylic acids is 1. The summed E-state index contributed by atoms with van der Waals surface area (Å²) in [4.78, 5) is 25.2. The lowest BCUT2D eigenvalue weighted by Gasteiger charge is -2.17. The summed E-state index contributed by atoms with van der Waals surface area (Å²) in [5.74, 6) is 1.89. The van der Waals surface area contributed by atoms with Crippen molar-refractivity contribution < 1.29 is 14.3 Å². The van der Waals surface area contributed by atoms with Crippen molar-refractivity contribution in [2.75, 3.05) is 26.5 Å². The van der Waals surface area contributed by atoms with Gasteiger partial charge in [-0.2, -0.15) is 9.97 Å². The van der Waals surface area contributed by atoms with E-state index in [0.29, 0.717) is 40.6 Å². The van der Waals surface area contributed by atoms with Gasteiger partial charge in [-0.15, -0.1) is 11.8 Å². The fourth-order valence-corrected chi connectivity index (χ4v) is 3.82. The molecule has 156 valence electrons. The van der Waals surface area contributed by atoms with Crippen LogP contribution in [0.5, 0.6) is 11.8 Å². The van der Waals surface area contributed by atoms with Gasteiger partial charge in [0.1, 0.15) is 5.15 Å². The van der Waals surface area contributed by atoms with Gasteiger partial charge in [0, 0.05) is 18.5 Å². The van der Waals surface area contributed by atoms with Crippen LogP contribution in [-0.2, 0) is 0 Å². The maximum atomic E-state index is 12.2. The number of aromatic nitrogens is 3. The number of hydrogen-bond acceptors (Lipinski definition) is 7. The van der Waals surface area contributed by atoms with Crippen molar-refractivity contribution in [3.05, 3.63) is 76.8 Å². The smallest absolute Gasteiger partial charge is 0.252 e. The van der Waals surface area contributed by atoms with Gasteiger partial charge in [-0.1, -0.05) is 41.9 Å². The first-order chi connectivity index (χ1) is 14.6. The van der Waals surface area contributed by atoms with E-state index in [1.54, 1.807) is 44.2 Å². The van der Waals surface area contributed by atoms with E-state index >= 15 is 0 Å². The number of pyridine rings is 1. The van der Waals surface area contributed by atoms with E-state index < -0.39 is 0 Å². The lowest BCUT2D eigenvalue weighted by atomic mass is 10.1. The largest absolute Gasteiger partial charge is 0.481 e.